The van der Waals surface area contributed by atoms with Crippen LogP contribution in [-0.2, 0) is 9.53 Å². The van der Waals surface area contributed by atoms with Crippen LogP contribution in [0.5, 0.6) is 0 Å². The Kier molecular flexibility index (Phi) is 4.90. The Bertz CT molecular complexity index is 178. The maximum Gasteiger partial charge on any atom is 0.317 e. The van der Waals surface area contributed by atoms with E-state index in [9.17, 15) is 4.79 Å². The highest BCUT2D eigenvalue weighted by molar-refractivity contribution is 5.68. The third-order valence-electron chi connectivity index (χ3n) is 2.50. The van der Waals surface area contributed by atoms with Gasteiger partial charge in [0.15, 0.2) is 0 Å². The number of carboxylic acid groups (broad SMARTS) is 1. The van der Waals surface area contributed by atoms with E-state index >= 15 is 0 Å². The lowest BCUT2D eigenvalue weighted by molar-refractivity contribution is -0.137. The van der Waals surface area contributed by atoms with Crippen molar-refractivity contribution in [2.24, 2.45) is 0 Å². The van der Waals surface area contributed by atoms with Crippen molar-refractivity contribution in [1.29, 1.82) is 0 Å². The lowest BCUT2D eigenvalue weighted by atomic mass is 10.1. The second-order valence-corrected chi connectivity index (χ2v) is 3.91. The third kappa shape index (κ3) is 4.58. The highest BCUT2D eigenvalue weighted by Crippen LogP contribution is 2.16. The molecule has 0 bridgehead atoms. The summed E-state index contributed by atoms with van der Waals surface area (Å²) < 4.78 is 5.48. The van der Waals surface area contributed by atoms with Gasteiger partial charge < -0.3 is 9.84 Å². The first-order valence-electron chi connectivity index (χ1n) is 5.20. The van der Waals surface area contributed by atoms with Crippen LogP contribution in [0.3, 0.4) is 0 Å². The summed E-state index contributed by atoms with van der Waals surface area (Å²) in [7, 11) is 1.84. The van der Waals surface area contributed by atoms with Gasteiger partial charge in [0.1, 0.15) is 0 Å². The standard InChI is InChI=1S/C10H19NO3/c1-11(8-10(12)13)6-2-4-9-5-3-7-14-9/h9H,2-8H2,1H3,(H,12,13). The van der Waals surface area contributed by atoms with Crippen LogP contribution in [0.4, 0.5) is 0 Å². The predicted octanol–water partition coefficient (Wildman–Crippen LogP) is 0.962. The number of aliphatic carboxylic acids is 1. The van der Waals surface area contributed by atoms with Gasteiger partial charge in [0.25, 0.3) is 0 Å². The Morgan fingerprint density at radius 3 is 3.00 bits per heavy atom. The molecule has 1 rings (SSSR count). The van der Waals surface area contributed by atoms with Gasteiger partial charge in [0.2, 0.25) is 0 Å². The van der Waals surface area contributed by atoms with Crippen molar-refractivity contribution >= 4 is 5.97 Å². The largest absolute Gasteiger partial charge is 0.480 e. The molecule has 1 heterocycles. The lowest BCUT2D eigenvalue weighted by Crippen LogP contribution is -2.27. The van der Waals surface area contributed by atoms with Crippen molar-refractivity contribution in [3.8, 4) is 0 Å². The summed E-state index contributed by atoms with van der Waals surface area (Å²) in [4.78, 5) is 12.2. The van der Waals surface area contributed by atoms with Gasteiger partial charge in [-0.2, -0.15) is 0 Å². The van der Waals surface area contributed by atoms with Gasteiger partial charge in [-0.25, -0.2) is 0 Å². The van der Waals surface area contributed by atoms with Gasteiger partial charge in [0.05, 0.1) is 12.6 Å². The van der Waals surface area contributed by atoms with E-state index < -0.39 is 5.97 Å². The fourth-order valence-electron chi connectivity index (χ4n) is 1.77. The van der Waals surface area contributed by atoms with E-state index in [1.807, 2.05) is 11.9 Å². The molecule has 82 valence electrons. The van der Waals surface area contributed by atoms with Crippen LogP contribution in [0.15, 0.2) is 0 Å². The number of ether oxygens (including phenoxy) is 1. The molecule has 0 amide bonds. The molecule has 0 radical (unpaired) electrons. The van der Waals surface area contributed by atoms with Gasteiger partial charge in [-0.3, -0.25) is 9.69 Å². The number of carbonyl (C=O) groups is 1. The minimum absolute atomic E-state index is 0.130. The number of likely N-dealkylation sites (N-methyl/N-ethyl adjacent to an activating group) is 1. The molecule has 1 saturated heterocycles. The maximum absolute atomic E-state index is 10.4. The SMILES string of the molecule is CN(CCCC1CCCO1)CC(=O)O. The zero-order valence-electron chi connectivity index (χ0n) is 8.74. The summed E-state index contributed by atoms with van der Waals surface area (Å²) in [5, 5.41) is 8.53. The van der Waals surface area contributed by atoms with Gasteiger partial charge in [-0.15, -0.1) is 0 Å². The van der Waals surface area contributed by atoms with E-state index in [0.717, 1.165) is 26.0 Å². The lowest BCUT2D eigenvalue weighted by Gasteiger charge is -2.15. The highest BCUT2D eigenvalue weighted by atomic mass is 16.5. The van der Waals surface area contributed by atoms with Gasteiger partial charge in [-0.1, -0.05) is 0 Å². The topological polar surface area (TPSA) is 49.8 Å². The minimum Gasteiger partial charge on any atom is -0.480 e. The molecule has 4 nitrogen and oxygen atoms in total. The van der Waals surface area contributed by atoms with Crippen molar-refractivity contribution in [3.05, 3.63) is 0 Å². The van der Waals surface area contributed by atoms with Crippen LogP contribution in [0.1, 0.15) is 25.7 Å². The zero-order chi connectivity index (χ0) is 10.4. The number of carboxylic acids is 1. The molecular formula is C10H19NO3. The molecule has 0 aromatic heterocycles. The molecule has 0 aromatic carbocycles. The monoisotopic (exact) mass is 201 g/mol. The zero-order valence-corrected chi connectivity index (χ0v) is 8.74. The minimum atomic E-state index is -0.760. The first-order valence-corrected chi connectivity index (χ1v) is 5.20. The van der Waals surface area contributed by atoms with Crippen molar-refractivity contribution < 1.29 is 14.6 Å². The fourth-order valence-corrected chi connectivity index (χ4v) is 1.77. The maximum atomic E-state index is 10.4. The van der Waals surface area contributed by atoms with Gasteiger partial charge in [-0.05, 0) is 39.3 Å². The molecule has 1 fully saturated rings. The second kappa shape index (κ2) is 5.98. The smallest absolute Gasteiger partial charge is 0.317 e. The molecular weight excluding hydrogens is 182 g/mol. The highest BCUT2D eigenvalue weighted by Gasteiger charge is 2.15. The number of nitrogens with zero attached hydrogens (tertiary/aromatic N) is 1. The van der Waals surface area contributed by atoms with E-state index in [2.05, 4.69) is 0 Å². The average molecular weight is 201 g/mol. The molecule has 1 atom stereocenters. The molecule has 1 N–H and O–H groups in total. The van der Waals surface area contributed by atoms with Crippen LogP contribution >= 0.6 is 0 Å². The normalized spacial score (nSPS) is 21.7. The van der Waals surface area contributed by atoms with Gasteiger partial charge >= 0.3 is 5.97 Å². The molecule has 0 spiro atoms. The van der Waals surface area contributed by atoms with Crippen LogP contribution in [0, 0.1) is 0 Å². The Labute approximate surface area is 84.8 Å². The molecule has 4 heteroatoms. The summed E-state index contributed by atoms with van der Waals surface area (Å²) >= 11 is 0. The quantitative estimate of drug-likeness (QED) is 0.695. The van der Waals surface area contributed by atoms with E-state index in [0.29, 0.717) is 6.10 Å². The molecule has 0 aliphatic carbocycles. The number of hydrogen-bond acceptors (Lipinski definition) is 3. The first kappa shape index (κ1) is 11.5. The number of hydrogen-bond donors (Lipinski definition) is 1. The Balaban J connectivity index is 1.99. The average Bonchev–Trinajstić information content (AvgIpc) is 2.55. The van der Waals surface area contributed by atoms with Crippen molar-refractivity contribution in [3.63, 3.8) is 0 Å². The van der Waals surface area contributed by atoms with Crippen molar-refractivity contribution in [1.82, 2.24) is 4.90 Å². The molecule has 1 aliphatic rings. The van der Waals surface area contributed by atoms with E-state index in [4.69, 9.17) is 9.84 Å². The summed E-state index contributed by atoms with van der Waals surface area (Å²) in [6.45, 7) is 1.87. The van der Waals surface area contributed by atoms with Crippen molar-refractivity contribution in [2.75, 3.05) is 26.7 Å². The van der Waals surface area contributed by atoms with Crippen LogP contribution in [0.2, 0.25) is 0 Å². The van der Waals surface area contributed by atoms with Gasteiger partial charge in [0, 0.05) is 6.61 Å². The Morgan fingerprint density at radius 2 is 2.43 bits per heavy atom. The molecule has 0 aromatic rings. The van der Waals surface area contributed by atoms with Crippen LogP contribution < -0.4 is 0 Å². The van der Waals surface area contributed by atoms with Crippen LogP contribution in [-0.4, -0.2) is 48.8 Å². The fraction of sp³-hybridized carbons (Fsp3) is 0.900. The Hall–Kier alpha value is -0.610. The molecule has 14 heavy (non-hydrogen) atoms. The summed E-state index contributed by atoms with van der Waals surface area (Å²) in [5.41, 5.74) is 0. The van der Waals surface area contributed by atoms with Crippen molar-refractivity contribution in [2.45, 2.75) is 31.8 Å². The number of rotatable bonds is 6. The van der Waals surface area contributed by atoms with E-state index in [1.54, 1.807) is 0 Å². The summed E-state index contributed by atoms with van der Waals surface area (Å²) in [6.07, 6.45) is 4.85. The predicted molar refractivity (Wildman–Crippen MR) is 53.3 cm³/mol. The van der Waals surface area contributed by atoms with E-state index in [-0.39, 0.29) is 6.54 Å². The third-order valence-corrected chi connectivity index (χ3v) is 2.50. The van der Waals surface area contributed by atoms with Crippen LogP contribution in [0.25, 0.3) is 0 Å². The summed E-state index contributed by atoms with van der Waals surface area (Å²) in [5.74, 6) is -0.760. The first-order chi connectivity index (χ1) is 6.68. The second-order valence-electron chi connectivity index (χ2n) is 3.91. The molecule has 1 aliphatic heterocycles. The summed E-state index contributed by atoms with van der Waals surface area (Å²) in [6, 6.07) is 0. The molecule has 1 unspecified atom stereocenters. The van der Waals surface area contributed by atoms with E-state index in [1.165, 1.54) is 12.8 Å². The Morgan fingerprint density at radius 1 is 1.64 bits per heavy atom. The molecule has 0 saturated carbocycles.